The van der Waals surface area contributed by atoms with E-state index in [0.717, 1.165) is 21.3 Å². The van der Waals surface area contributed by atoms with Gasteiger partial charge < -0.3 is 10.1 Å². The van der Waals surface area contributed by atoms with Crippen LogP contribution in [-0.2, 0) is 0 Å². The van der Waals surface area contributed by atoms with Gasteiger partial charge >= 0.3 is 0 Å². The maximum atomic E-state index is 12.9. The summed E-state index contributed by atoms with van der Waals surface area (Å²) in [6.07, 6.45) is 5.37. The normalized spacial score (nSPS) is 11.3. The maximum Gasteiger partial charge on any atom is 0.256 e. The van der Waals surface area contributed by atoms with Gasteiger partial charge in [0.25, 0.3) is 5.91 Å². The van der Waals surface area contributed by atoms with Crippen molar-refractivity contribution in [1.29, 1.82) is 5.26 Å². The van der Waals surface area contributed by atoms with Gasteiger partial charge in [0.1, 0.15) is 27.5 Å². The molecule has 0 aliphatic heterocycles. The van der Waals surface area contributed by atoms with Crippen LogP contribution in [0.15, 0.2) is 95.5 Å². The lowest BCUT2D eigenvalue weighted by molar-refractivity contribution is 0.102. The van der Waals surface area contributed by atoms with Crippen LogP contribution < -0.4 is 10.1 Å². The number of methoxy groups -OCH3 is 1. The lowest BCUT2D eigenvalue weighted by Crippen LogP contribution is -2.11. The largest absolute Gasteiger partial charge is 0.496 e. The molecule has 0 aliphatic carbocycles. The second-order valence-corrected chi connectivity index (χ2v) is 9.23. The van der Waals surface area contributed by atoms with E-state index in [-0.39, 0.29) is 5.91 Å². The maximum absolute atomic E-state index is 12.9. The average Bonchev–Trinajstić information content (AvgIpc) is 3.31. The van der Waals surface area contributed by atoms with Crippen molar-refractivity contribution in [2.45, 2.75) is 0 Å². The highest BCUT2D eigenvalue weighted by molar-refractivity contribution is 9.10. The molecule has 0 unspecified atom stereocenters. The molecule has 4 rings (SSSR count). The van der Waals surface area contributed by atoms with Crippen LogP contribution in [0.1, 0.15) is 20.9 Å². The molecule has 5 nitrogen and oxygen atoms in total. The number of carbonyl (C=O) groups excluding carboxylic acids is 1. The van der Waals surface area contributed by atoms with E-state index < -0.39 is 0 Å². The lowest BCUT2D eigenvalue weighted by atomic mass is 10.1. The molecule has 7 heteroatoms. The molecular weight excluding hydrogens is 522 g/mol. The molecule has 0 aliphatic rings. The molecule has 0 saturated carbocycles. The van der Waals surface area contributed by atoms with Crippen LogP contribution in [-0.4, -0.2) is 18.0 Å². The number of benzene rings is 3. The topological polar surface area (TPSA) is 75.0 Å². The van der Waals surface area contributed by atoms with Gasteiger partial charge in [-0.05, 0) is 36.4 Å². The second-order valence-electron chi connectivity index (χ2n) is 7.32. The van der Waals surface area contributed by atoms with Crippen molar-refractivity contribution in [3.63, 3.8) is 0 Å². The SMILES string of the molecule is COc1ccccc1/C=C/C=C(\C#N)c1nc(-c2ccccc2)c(NC(=O)c2ccc(Br)cc2)s1. The van der Waals surface area contributed by atoms with E-state index in [1.807, 2.05) is 72.8 Å². The van der Waals surface area contributed by atoms with Crippen molar-refractivity contribution in [3.8, 4) is 23.1 Å². The van der Waals surface area contributed by atoms with Crippen LogP contribution in [0.2, 0.25) is 0 Å². The zero-order valence-electron chi connectivity index (χ0n) is 18.7. The first-order valence-electron chi connectivity index (χ1n) is 10.6. The van der Waals surface area contributed by atoms with Crippen LogP contribution in [0.3, 0.4) is 0 Å². The molecule has 1 amide bonds. The van der Waals surface area contributed by atoms with Crippen molar-refractivity contribution in [3.05, 3.63) is 112 Å². The van der Waals surface area contributed by atoms with Gasteiger partial charge in [-0.3, -0.25) is 4.79 Å². The third-order valence-electron chi connectivity index (χ3n) is 5.04. The number of thiazole rings is 1. The van der Waals surface area contributed by atoms with E-state index in [4.69, 9.17) is 9.72 Å². The van der Waals surface area contributed by atoms with Crippen LogP contribution in [0.25, 0.3) is 22.9 Å². The minimum atomic E-state index is -0.247. The molecule has 1 heterocycles. The highest BCUT2D eigenvalue weighted by atomic mass is 79.9. The number of para-hydroxylation sites is 1. The van der Waals surface area contributed by atoms with Crippen molar-refractivity contribution < 1.29 is 9.53 Å². The Bertz CT molecular complexity index is 1440. The number of nitriles is 1. The van der Waals surface area contributed by atoms with Crippen molar-refractivity contribution >= 4 is 49.8 Å². The fraction of sp³-hybridized carbons (Fsp3) is 0.0357. The van der Waals surface area contributed by atoms with Gasteiger partial charge in [0.05, 0.1) is 12.7 Å². The quantitative estimate of drug-likeness (QED) is 0.194. The smallest absolute Gasteiger partial charge is 0.256 e. The Morgan fingerprint density at radius 3 is 2.49 bits per heavy atom. The number of ether oxygens (including phenoxy) is 1. The fourth-order valence-electron chi connectivity index (χ4n) is 3.30. The van der Waals surface area contributed by atoms with Gasteiger partial charge in [0, 0.05) is 21.2 Å². The summed E-state index contributed by atoms with van der Waals surface area (Å²) in [6.45, 7) is 0. The van der Waals surface area contributed by atoms with E-state index in [2.05, 4.69) is 27.3 Å². The molecule has 0 spiro atoms. The Labute approximate surface area is 216 Å². The number of allylic oxidation sites excluding steroid dienone is 3. The highest BCUT2D eigenvalue weighted by Gasteiger charge is 2.18. The Hall–Kier alpha value is -3.99. The molecule has 0 fully saturated rings. The first kappa shape index (κ1) is 24.1. The van der Waals surface area contributed by atoms with Gasteiger partial charge in [-0.15, -0.1) is 0 Å². The summed E-state index contributed by atoms with van der Waals surface area (Å²) in [4.78, 5) is 17.6. The number of amides is 1. The number of nitrogens with zero attached hydrogens (tertiary/aromatic N) is 2. The minimum Gasteiger partial charge on any atom is -0.496 e. The number of hydrogen-bond acceptors (Lipinski definition) is 5. The molecule has 0 bridgehead atoms. The molecular formula is C28H20BrN3O2S. The first-order chi connectivity index (χ1) is 17.1. The Morgan fingerprint density at radius 2 is 1.77 bits per heavy atom. The molecule has 35 heavy (non-hydrogen) atoms. The molecule has 0 atom stereocenters. The lowest BCUT2D eigenvalue weighted by Gasteiger charge is -2.05. The van der Waals surface area contributed by atoms with Crippen molar-refractivity contribution in [1.82, 2.24) is 4.98 Å². The molecule has 0 radical (unpaired) electrons. The Kier molecular flexibility index (Phi) is 7.88. The molecule has 172 valence electrons. The molecule has 1 aromatic heterocycles. The number of rotatable bonds is 7. The predicted molar refractivity (Wildman–Crippen MR) is 145 cm³/mol. The molecule has 3 aromatic carbocycles. The standard InChI is InChI=1S/C28H20BrN3O2S/c1-34-24-13-6-5-8-19(24)11-7-12-22(18-30)27-31-25(20-9-3-2-4-10-20)28(35-27)32-26(33)21-14-16-23(29)17-15-21/h2-17H,1H3,(H,32,33)/b11-7+,22-12+. The van der Waals surface area contributed by atoms with Crippen LogP contribution >= 0.6 is 27.3 Å². The summed E-state index contributed by atoms with van der Waals surface area (Å²) in [5.74, 6) is 0.498. The van der Waals surface area contributed by atoms with E-state index in [0.29, 0.717) is 26.8 Å². The van der Waals surface area contributed by atoms with E-state index in [9.17, 15) is 10.1 Å². The molecule has 1 N–H and O–H groups in total. The number of halogens is 1. The summed E-state index contributed by atoms with van der Waals surface area (Å²) in [7, 11) is 1.62. The molecule has 4 aromatic rings. The van der Waals surface area contributed by atoms with Crippen LogP contribution in [0.4, 0.5) is 5.00 Å². The summed E-state index contributed by atoms with van der Waals surface area (Å²) in [5.41, 5.74) is 3.28. The second kappa shape index (κ2) is 11.4. The number of aromatic nitrogens is 1. The molecule has 0 saturated heterocycles. The Morgan fingerprint density at radius 1 is 1.06 bits per heavy atom. The van der Waals surface area contributed by atoms with Crippen LogP contribution in [0.5, 0.6) is 5.75 Å². The fourth-order valence-corrected chi connectivity index (χ4v) is 4.52. The van der Waals surface area contributed by atoms with Gasteiger partial charge in [0.15, 0.2) is 0 Å². The third kappa shape index (κ3) is 5.93. The highest BCUT2D eigenvalue weighted by Crippen LogP contribution is 2.36. The third-order valence-corrected chi connectivity index (χ3v) is 6.57. The van der Waals surface area contributed by atoms with E-state index in [1.54, 1.807) is 31.4 Å². The Balaban J connectivity index is 1.68. The van der Waals surface area contributed by atoms with Crippen LogP contribution in [0, 0.1) is 11.3 Å². The zero-order chi connectivity index (χ0) is 24.6. The summed E-state index contributed by atoms with van der Waals surface area (Å²) < 4.78 is 6.26. The minimum absolute atomic E-state index is 0.247. The number of anilines is 1. The first-order valence-corrected chi connectivity index (χ1v) is 12.2. The number of nitrogens with one attached hydrogen (secondary N) is 1. The zero-order valence-corrected chi connectivity index (χ0v) is 21.1. The summed E-state index contributed by atoms with van der Waals surface area (Å²) in [6, 6.07) is 26.5. The van der Waals surface area contributed by atoms with E-state index >= 15 is 0 Å². The van der Waals surface area contributed by atoms with Gasteiger partial charge in [-0.1, -0.05) is 87.9 Å². The van der Waals surface area contributed by atoms with Gasteiger partial charge in [-0.2, -0.15) is 5.26 Å². The van der Waals surface area contributed by atoms with Crippen molar-refractivity contribution in [2.24, 2.45) is 0 Å². The van der Waals surface area contributed by atoms with Crippen molar-refractivity contribution in [2.75, 3.05) is 12.4 Å². The summed E-state index contributed by atoms with van der Waals surface area (Å²) >= 11 is 4.65. The van der Waals surface area contributed by atoms with Gasteiger partial charge in [-0.25, -0.2) is 4.98 Å². The monoisotopic (exact) mass is 541 g/mol. The summed E-state index contributed by atoms with van der Waals surface area (Å²) in [5, 5.41) is 13.9. The predicted octanol–water partition coefficient (Wildman–Crippen LogP) is 7.45. The number of hydrogen-bond donors (Lipinski definition) is 1. The number of carbonyl (C=O) groups is 1. The van der Waals surface area contributed by atoms with Gasteiger partial charge in [0.2, 0.25) is 0 Å². The van der Waals surface area contributed by atoms with E-state index in [1.165, 1.54) is 11.3 Å². The average molecular weight is 542 g/mol.